The van der Waals surface area contributed by atoms with Gasteiger partial charge >= 0.3 is 85.4 Å². The molecule has 12 N–H and O–H groups in total. The maximum atomic E-state index is 12.1. The third-order valence-corrected chi connectivity index (χ3v) is 17.8. The number of rotatable bonds is 32. The lowest BCUT2D eigenvalue weighted by atomic mass is 10.1. The smallest absolute Gasteiger partial charge is 0.357 e. The Morgan fingerprint density at radius 2 is 0.882 bits per heavy atom. The van der Waals surface area contributed by atoms with E-state index in [-0.39, 0.29) is 52.2 Å². The summed E-state index contributed by atoms with van der Waals surface area (Å²) in [5.74, 6) is 0.884. The number of aromatic amines is 8. The van der Waals surface area contributed by atoms with Crippen molar-refractivity contribution in [3.05, 3.63) is 363 Å². The van der Waals surface area contributed by atoms with Crippen LogP contribution in [0.15, 0.2) is 204 Å². The minimum Gasteiger partial charge on any atom is -0.494 e. The molecule has 12 rings (SSSR count). The molecule has 0 aliphatic carbocycles. The van der Waals surface area contributed by atoms with Gasteiger partial charge in [0.05, 0.1) is 66.5 Å². The highest BCUT2D eigenvalue weighted by Gasteiger charge is 2.26. The number of benzene rings is 6. The quantitative estimate of drug-likeness (QED) is 0.0114. The van der Waals surface area contributed by atoms with Crippen LogP contribution in [0.1, 0.15) is 93.0 Å². The van der Waals surface area contributed by atoms with Crippen LogP contribution in [0.4, 0.5) is 22.7 Å². The van der Waals surface area contributed by atoms with Crippen LogP contribution < -0.4 is 99.5 Å². The van der Waals surface area contributed by atoms with Gasteiger partial charge in [-0.3, -0.25) is 98.3 Å². The molecule has 6 heterocycles. The molecule has 0 fully saturated rings. The second-order valence-corrected chi connectivity index (χ2v) is 27.1. The molecule has 1 atom stereocenters. The molecule has 1 aliphatic heterocycles. The zero-order valence-electron chi connectivity index (χ0n) is 73.3. The van der Waals surface area contributed by atoms with Gasteiger partial charge in [-0.05, 0) is 135 Å². The van der Waals surface area contributed by atoms with Gasteiger partial charge in [-0.1, -0.05) is 109 Å². The summed E-state index contributed by atoms with van der Waals surface area (Å²) in [5, 5.41) is 73.7. The summed E-state index contributed by atoms with van der Waals surface area (Å²) in [6, 6.07) is 37.6. The molecule has 0 bridgehead atoms. The average molecular weight is 1880 g/mol. The Labute approximate surface area is 763 Å². The van der Waals surface area contributed by atoms with E-state index >= 15 is 0 Å². The van der Waals surface area contributed by atoms with E-state index in [0.717, 1.165) is 34.4 Å². The first-order valence-corrected chi connectivity index (χ1v) is 39.6. The van der Waals surface area contributed by atoms with Crippen molar-refractivity contribution in [2.45, 2.75) is 40.5 Å². The number of carbonyl (C=O) groups is 3. The van der Waals surface area contributed by atoms with Crippen molar-refractivity contribution in [1.29, 1.82) is 0 Å². The molecule has 48 heteroatoms. The molecule has 11 aromatic rings. The summed E-state index contributed by atoms with van der Waals surface area (Å²) in [6.07, 6.45) is 16.8. The number of nitro groups is 4. The van der Waals surface area contributed by atoms with Gasteiger partial charge in [0.2, 0.25) is 6.35 Å². The Hall–Kier alpha value is -18.8. The van der Waals surface area contributed by atoms with Gasteiger partial charge < -0.3 is 78.5 Å². The lowest BCUT2D eigenvalue weighted by Gasteiger charge is -2.14. The number of aliphatic imine (C=N–C) groups is 1. The summed E-state index contributed by atoms with van der Waals surface area (Å²) in [6.45, 7) is 7.93. The number of aryl methyl sites for hydroxylation is 1. The first-order chi connectivity index (χ1) is 64.8. The van der Waals surface area contributed by atoms with E-state index in [1.54, 1.807) is 127 Å². The monoisotopic (exact) mass is 1880 g/mol. The normalized spacial score (nSPS) is 11.7. The third kappa shape index (κ3) is 30.7. The fourth-order valence-corrected chi connectivity index (χ4v) is 11.7. The van der Waals surface area contributed by atoms with Crippen molar-refractivity contribution in [3.8, 4) is 46.0 Å². The van der Waals surface area contributed by atoms with Crippen LogP contribution in [0.3, 0.4) is 0 Å². The Bertz CT molecular complexity index is 7080. The van der Waals surface area contributed by atoms with Crippen LogP contribution in [-0.2, 0) is 30.1 Å². The van der Waals surface area contributed by atoms with E-state index in [4.69, 9.17) is 48.1 Å². The number of Topliss-reactive ketones (excluding diaryl/α,β-unsaturated/α-hetero) is 1. The number of carboxylic acids is 2. The minimum absolute atomic E-state index is 0.00921. The van der Waals surface area contributed by atoms with Gasteiger partial charge in [0.15, 0.2) is 53.5 Å². The molecule has 710 valence electrons. The maximum absolute atomic E-state index is 12.1. The zero-order valence-corrected chi connectivity index (χ0v) is 73.3. The highest BCUT2D eigenvalue weighted by molar-refractivity contribution is 5.96. The second kappa shape index (κ2) is 50.8. The van der Waals surface area contributed by atoms with E-state index in [2.05, 4.69) is 30.2 Å². The molecule has 5 aromatic heterocycles. The highest BCUT2D eigenvalue weighted by atomic mass is 16.6. The Balaban J connectivity index is 0.000000223. The van der Waals surface area contributed by atoms with E-state index in [1.807, 2.05) is 78.0 Å². The number of ether oxygens (including phenoxy) is 8. The van der Waals surface area contributed by atoms with Crippen molar-refractivity contribution < 1.29 is 87.3 Å². The zero-order chi connectivity index (χ0) is 100.0. The molecule has 1 unspecified atom stereocenters. The number of methoxy groups -OCH3 is 3. The van der Waals surface area contributed by atoms with Gasteiger partial charge in [-0.25, -0.2) is 38.6 Å². The average Bonchev–Trinajstić information content (AvgIpc) is 0.777. The van der Waals surface area contributed by atoms with Gasteiger partial charge in [-0.2, -0.15) is 0 Å². The number of carboxylic acid groups (broad SMARTS) is 2. The molecule has 0 amide bonds. The number of carbonyl (C=O) groups excluding carboxylic acids is 1. The molecule has 0 saturated heterocycles. The van der Waals surface area contributed by atoms with E-state index < -0.39 is 130 Å². The fourth-order valence-electron chi connectivity index (χ4n) is 11.7. The molecular weight excluding hydrogens is 1790 g/mol. The van der Waals surface area contributed by atoms with Crippen molar-refractivity contribution in [2.75, 3.05) is 54.4 Å². The number of para-hydroxylation sites is 3. The molecule has 136 heavy (non-hydrogen) atoms. The topological polar surface area (TPSA) is 690 Å². The number of aromatic nitrogens is 10. The van der Waals surface area contributed by atoms with Crippen molar-refractivity contribution in [2.24, 2.45) is 19.1 Å². The maximum Gasteiger partial charge on any atom is 0.357 e. The summed E-state index contributed by atoms with van der Waals surface area (Å²) >= 11 is 0. The van der Waals surface area contributed by atoms with Gasteiger partial charge in [-0.15, -0.1) is 0 Å². The van der Waals surface area contributed by atoms with Gasteiger partial charge in [0, 0.05) is 55.2 Å². The first-order valence-electron chi connectivity index (χ1n) is 39.6. The van der Waals surface area contributed by atoms with E-state index in [1.165, 1.54) is 71.0 Å². The largest absolute Gasteiger partial charge is 0.494 e. The molecule has 0 radical (unpaired) electrons. The predicted octanol–water partition coefficient (Wildman–Crippen LogP) is 7.07. The number of nitrogens with zero attached hydrogens (tertiary/aromatic N) is 7. The number of ketones is 1. The lowest BCUT2D eigenvalue weighted by Crippen LogP contribution is -2.39. The van der Waals surface area contributed by atoms with Crippen LogP contribution in [0.5, 0.6) is 46.0 Å². The number of H-pyrrole nitrogens is 8. The third-order valence-electron chi connectivity index (χ3n) is 17.8. The molecule has 6 aromatic carbocycles. The number of aliphatic hydroxyl groups excluding tert-OH is 1. The SMILES string of the molecule is CCOc1ccc(/C=C/c2[nH]c(=O)[nH]c(=O)c2[N+](=O)[O-])cc1.CCOc1ccc(/C=C/c2[nH]c(=O)[nH]c(=O)c2[N+](=O)[O-])cc1OC.CCOc1ccccc1CC(=O)c1cc(=O)[nH]c(=O)[nH]1.COc1cccc(/C=C/C2=CC=NC(O)N2)c1OCC(=O)O.COc1cccc(/C=C/c2c([N+](=O)[O-])c(=O)n(C)c(=O)n2C)c1OCC(=O)O.Cc1ccc(/C=C/c2[nH]c(=O)[nH]c(=O)c2[N+](=O)[O-])cc1. The highest BCUT2D eigenvalue weighted by Crippen LogP contribution is 2.35. The van der Waals surface area contributed by atoms with Crippen molar-refractivity contribution in [3.63, 3.8) is 0 Å². The fraction of sp³-hybridized carbons (Fsp3) is 0.182. The van der Waals surface area contributed by atoms with Gasteiger partial charge in [0.25, 0.3) is 5.56 Å². The number of allylic oxidation sites excluding steroid dienone is 2. The molecule has 1 aliphatic rings. The van der Waals surface area contributed by atoms with E-state index in [9.17, 15) is 108 Å². The van der Waals surface area contributed by atoms with Crippen LogP contribution in [-0.4, -0.2) is 169 Å². The summed E-state index contributed by atoms with van der Waals surface area (Å²) in [7, 11) is 6.78. The Kier molecular flexibility index (Phi) is 39.0. The Morgan fingerprint density at radius 3 is 1.33 bits per heavy atom. The van der Waals surface area contributed by atoms with Gasteiger partial charge in [0.1, 0.15) is 34.3 Å². The van der Waals surface area contributed by atoms with E-state index in [0.29, 0.717) is 86.8 Å². The number of hydrogen-bond donors (Lipinski definition) is 12. The number of aliphatic hydroxyl groups is 1. The lowest BCUT2D eigenvalue weighted by molar-refractivity contribution is -0.387. The van der Waals surface area contributed by atoms with Crippen LogP contribution in [0.25, 0.3) is 54.7 Å². The number of hydrogen-bond acceptors (Lipinski definition) is 32. The Morgan fingerprint density at radius 1 is 0.449 bits per heavy atom. The number of nitrogens with one attached hydrogen (secondary N) is 9. The van der Waals surface area contributed by atoms with Crippen molar-refractivity contribution in [1.82, 2.24) is 54.3 Å². The molecule has 0 saturated carbocycles. The van der Waals surface area contributed by atoms with Crippen LogP contribution >= 0.6 is 0 Å². The predicted molar refractivity (Wildman–Crippen MR) is 496 cm³/mol. The minimum atomic E-state index is -1.20. The van der Waals surface area contributed by atoms with Crippen LogP contribution in [0, 0.1) is 47.4 Å². The number of aliphatic carboxylic acids is 2. The molecular formula is C88H86N16O32. The standard InChI is InChI=1S/C17H17N3O8.C15H15N3O6.C15H16N2O5.C14H13N3O5.C14H14N2O4.C13H11N3O4/c1-18-11(14(20(25)26)16(23)19(2)17(18)24)8-7-10-5-4-6-12(27-3)15(10)28-9-13(21)22;1-3-24-11-7-5-9(8-12(11)23-2)4-6-10-13(18(21)22)14(19)17-15(20)16-10;1-21-12-4-2-3-10(14(12)22-9-13(18)19)5-6-11-7-8-16-15(20)17-11;1-2-22-10-6-3-9(4-7-10)5-8-11-12(17(20)21)13(18)16-14(19)15-11;1-2-20-12-6-4-3-5-9(12)7-11(17)10-8-13(18)16-14(19)15-10;1-8-2-4-9(5-3-8)6-7-10-11(16(19)20)12(17)15-13(18)14-10/h4-8H,9H2,1-3H3,(H,21,22);4-8H,3H2,1-2H3,(H2,16,17,19,20);2-8,15,17,20H,9H2,1H3,(H,18,19);3-8H,2H2,1H3,(H2,15,16,18,19);3-6,8H,2,7H2,1H3,(H2,15,16,18,19);2-7H,1H3,(H2,14,15,17,18)/b8-7+;6-4+;6-5+;8-5+;;7-6+. The summed E-state index contributed by atoms with van der Waals surface area (Å²) in [4.78, 5) is 209. The summed E-state index contributed by atoms with van der Waals surface area (Å²) < 4.78 is 43.8. The first kappa shape index (κ1) is 104. The van der Waals surface area contributed by atoms with Crippen molar-refractivity contribution >= 4 is 101 Å². The summed E-state index contributed by atoms with van der Waals surface area (Å²) in [5.41, 5.74) is -6.61. The van der Waals surface area contributed by atoms with Crippen LogP contribution in [0.2, 0.25) is 0 Å². The molecule has 0 spiro atoms. The second-order valence-electron chi connectivity index (χ2n) is 27.1. The molecule has 48 nitrogen and oxygen atoms in total.